The average molecular weight is 675 g/mol. The van der Waals surface area contributed by atoms with Crippen LogP contribution >= 0.6 is 0 Å². The van der Waals surface area contributed by atoms with Crippen LogP contribution in [0.5, 0.6) is 0 Å². The molecule has 0 aliphatic heterocycles. The van der Waals surface area contributed by atoms with Crippen LogP contribution in [0, 0.1) is 0 Å². The monoisotopic (exact) mass is 674 g/mol. The number of fused-ring (bicyclic) bond motifs is 6. The van der Waals surface area contributed by atoms with E-state index in [4.69, 9.17) is 12.6 Å². The predicted molar refractivity (Wildman–Crippen MR) is 220 cm³/mol. The minimum Gasteiger partial charge on any atom is -0.455 e. The maximum atomic E-state index is 9.64. The molecule has 0 fully saturated rings. The summed E-state index contributed by atoms with van der Waals surface area (Å²) in [4.78, 5) is 1.28. The van der Waals surface area contributed by atoms with Gasteiger partial charge in [-0.2, -0.15) is 0 Å². The van der Waals surface area contributed by atoms with E-state index < -0.39 is 54.4 Å². The molecule has 0 aliphatic carbocycles. The van der Waals surface area contributed by atoms with Crippen molar-refractivity contribution in [1.29, 1.82) is 0 Å². The molecule has 9 aromatic carbocycles. The van der Waals surface area contributed by atoms with Crippen LogP contribution in [0.4, 0.5) is 17.1 Å². The number of rotatable bonds is 6. The van der Waals surface area contributed by atoms with Gasteiger partial charge < -0.3 is 9.32 Å². The number of furan rings is 1. The van der Waals surface area contributed by atoms with Crippen LogP contribution in [0.25, 0.3) is 76.9 Å². The SMILES string of the molecule is [2H]c1c([2H])c(N(c2cccc(-c3cccc4oc5c6ccccc6ccc5c34)c2)c2c([2H])c([2H])c([2H])c3c([2H])c([2H])c([2H])c([2H])c23)c([2H])c([2H])c1-c1cccc(-c2ccccc2)c1. The Bertz CT molecular complexity index is 3510. The number of nitrogens with zero attached hydrogens (tertiary/aromatic N) is 1. The maximum absolute atomic E-state index is 9.64. The minimum atomic E-state index is -0.643. The molecule has 0 radical (unpaired) electrons. The number of hydrogen-bond acceptors (Lipinski definition) is 2. The summed E-state index contributed by atoms with van der Waals surface area (Å²) in [5.41, 5.74) is 4.52. The van der Waals surface area contributed by atoms with Gasteiger partial charge in [-0.3, -0.25) is 0 Å². The van der Waals surface area contributed by atoms with Crippen LogP contribution in [0.3, 0.4) is 0 Å². The first-order valence-electron chi connectivity index (χ1n) is 22.4. The molecule has 10 rings (SSSR count). The Hall–Kier alpha value is -6.90. The molecule has 1 heterocycles. The van der Waals surface area contributed by atoms with E-state index in [1.807, 2.05) is 97.1 Å². The molecule has 2 nitrogen and oxygen atoms in total. The molecule has 0 saturated heterocycles. The molecule has 0 saturated carbocycles. The summed E-state index contributed by atoms with van der Waals surface area (Å²) in [5.74, 6) is 0. The van der Waals surface area contributed by atoms with Crippen molar-refractivity contribution in [3.8, 4) is 33.4 Å². The topological polar surface area (TPSA) is 16.4 Å². The third-order valence-electron chi connectivity index (χ3n) is 9.41. The Morgan fingerprint density at radius 1 is 0.423 bits per heavy atom. The quantitative estimate of drug-likeness (QED) is 0.175. The lowest BCUT2D eigenvalue weighted by Crippen LogP contribution is -2.10. The molecular weight excluding hydrogens is 631 g/mol. The fourth-order valence-corrected chi connectivity index (χ4v) is 6.99. The molecule has 10 aromatic rings. The maximum Gasteiger partial charge on any atom is 0.143 e. The van der Waals surface area contributed by atoms with Crippen molar-refractivity contribution < 1.29 is 19.5 Å². The van der Waals surface area contributed by atoms with E-state index in [1.54, 1.807) is 36.4 Å². The van der Waals surface area contributed by atoms with E-state index >= 15 is 0 Å². The molecule has 2 heteroatoms. The lowest BCUT2D eigenvalue weighted by atomic mass is 9.97. The zero-order chi connectivity index (χ0) is 44.0. The van der Waals surface area contributed by atoms with Crippen molar-refractivity contribution in [3.05, 3.63) is 200 Å². The summed E-state index contributed by atoms with van der Waals surface area (Å²) in [6, 6.07) is 35.4. The fourth-order valence-electron chi connectivity index (χ4n) is 6.99. The molecule has 0 aliphatic rings. The Morgan fingerprint density at radius 2 is 1.15 bits per heavy atom. The van der Waals surface area contributed by atoms with E-state index in [1.165, 1.54) is 4.90 Å². The summed E-state index contributed by atoms with van der Waals surface area (Å²) >= 11 is 0. The van der Waals surface area contributed by atoms with Crippen molar-refractivity contribution >= 4 is 60.5 Å². The Morgan fingerprint density at radius 3 is 2.06 bits per heavy atom. The summed E-state index contributed by atoms with van der Waals surface area (Å²) < 4.78 is 107. The van der Waals surface area contributed by atoms with Crippen LogP contribution in [0.1, 0.15) is 15.1 Å². The second-order valence-electron chi connectivity index (χ2n) is 12.5. The van der Waals surface area contributed by atoms with Gasteiger partial charge in [-0.1, -0.05) is 151 Å². The molecule has 0 N–H and O–H groups in total. The largest absolute Gasteiger partial charge is 0.455 e. The first-order valence-corrected chi connectivity index (χ1v) is 16.9. The lowest BCUT2D eigenvalue weighted by Gasteiger charge is -2.27. The zero-order valence-corrected chi connectivity index (χ0v) is 27.6. The molecule has 0 bridgehead atoms. The summed E-state index contributed by atoms with van der Waals surface area (Å²) in [5, 5.41) is 3.06. The third kappa shape index (κ3) is 5.12. The highest BCUT2D eigenvalue weighted by Crippen LogP contribution is 2.43. The standard InChI is InChI=1S/C50H33NO/c1-2-12-34(13-3-1)38-17-8-18-39(32-38)35-26-29-41(30-27-35)51(47-24-10-16-36-14-4-6-21-43(36)47)42-20-9-19-40(33-42)44-23-11-25-48-49(44)46-31-28-37-15-5-7-22-45(37)50(46)52-48/h1-33H/i4D,6D,10D,14D,16D,21D,24D,26D,27D,29D,30D. The second-order valence-corrected chi connectivity index (χ2v) is 12.5. The lowest BCUT2D eigenvalue weighted by molar-refractivity contribution is 0.673. The molecule has 0 atom stereocenters. The average Bonchev–Trinajstić information content (AvgIpc) is 3.71. The Balaban J connectivity index is 1.27. The Kier molecular flexibility index (Phi) is 4.96. The van der Waals surface area contributed by atoms with E-state index in [9.17, 15) is 6.85 Å². The van der Waals surface area contributed by atoms with Crippen LogP contribution < -0.4 is 4.90 Å². The van der Waals surface area contributed by atoms with Gasteiger partial charge in [-0.25, -0.2) is 0 Å². The zero-order valence-electron chi connectivity index (χ0n) is 38.6. The van der Waals surface area contributed by atoms with Gasteiger partial charge in [-0.05, 0) is 92.6 Å². The van der Waals surface area contributed by atoms with Gasteiger partial charge in [0.1, 0.15) is 11.2 Å². The number of hydrogen-bond donors (Lipinski definition) is 0. The van der Waals surface area contributed by atoms with Crippen LogP contribution in [-0.4, -0.2) is 0 Å². The molecule has 244 valence electrons. The molecule has 52 heavy (non-hydrogen) atoms. The van der Waals surface area contributed by atoms with Crippen LogP contribution in [0.2, 0.25) is 0 Å². The molecule has 1 aromatic heterocycles. The highest BCUT2D eigenvalue weighted by Gasteiger charge is 2.19. The molecule has 0 spiro atoms. The van der Waals surface area contributed by atoms with Crippen molar-refractivity contribution in [3.63, 3.8) is 0 Å². The van der Waals surface area contributed by atoms with E-state index in [0.717, 1.165) is 38.2 Å². The van der Waals surface area contributed by atoms with E-state index in [2.05, 4.69) is 0 Å². The molecule has 0 amide bonds. The van der Waals surface area contributed by atoms with Crippen molar-refractivity contribution in [2.24, 2.45) is 0 Å². The summed E-state index contributed by atoms with van der Waals surface area (Å²) in [6.45, 7) is 0. The fraction of sp³-hybridized carbons (Fsp3) is 0. The highest BCUT2D eigenvalue weighted by atomic mass is 16.3. The summed E-state index contributed by atoms with van der Waals surface area (Å²) in [6.07, 6.45) is 0. The van der Waals surface area contributed by atoms with E-state index in [0.29, 0.717) is 22.3 Å². The predicted octanol–water partition coefficient (Wildman–Crippen LogP) is 14.4. The second kappa shape index (κ2) is 12.5. The third-order valence-corrected chi connectivity index (χ3v) is 9.41. The normalized spacial score (nSPS) is 14.4. The van der Waals surface area contributed by atoms with Gasteiger partial charge in [0.05, 0.1) is 20.8 Å². The van der Waals surface area contributed by atoms with Crippen LogP contribution in [-0.2, 0) is 0 Å². The van der Waals surface area contributed by atoms with Gasteiger partial charge in [0, 0.05) is 32.9 Å². The number of anilines is 3. The summed E-state index contributed by atoms with van der Waals surface area (Å²) in [7, 11) is 0. The first kappa shape index (κ1) is 20.7. The smallest absolute Gasteiger partial charge is 0.143 e. The minimum absolute atomic E-state index is 0.0341. The number of benzene rings is 9. The van der Waals surface area contributed by atoms with Crippen molar-refractivity contribution in [1.82, 2.24) is 0 Å². The van der Waals surface area contributed by atoms with Crippen molar-refractivity contribution in [2.75, 3.05) is 4.90 Å². The van der Waals surface area contributed by atoms with Gasteiger partial charge in [0.15, 0.2) is 0 Å². The van der Waals surface area contributed by atoms with E-state index in [-0.39, 0.29) is 45.5 Å². The van der Waals surface area contributed by atoms with Gasteiger partial charge in [0.25, 0.3) is 0 Å². The molecular formula is C50H33NO. The highest BCUT2D eigenvalue weighted by molar-refractivity contribution is 6.19. The van der Waals surface area contributed by atoms with Gasteiger partial charge in [0.2, 0.25) is 0 Å². The van der Waals surface area contributed by atoms with Crippen LogP contribution in [0.15, 0.2) is 204 Å². The first-order chi connectivity index (χ1) is 30.4. The molecule has 0 unspecified atom stereocenters. The van der Waals surface area contributed by atoms with Crippen molar-refractivity contribution in [2.45, 2.75) is 0 Å². The Labute approximate surface area is 317 Å². The van der Waals surface area contributed by atoms with Gasteiger partial charge in [-0.15, -0.1) is 0 Å². The van der Waals surface area contributed by atoms with Gasteiger partial charge >= 0.3 is 0 Å².